The first-order valence-electron chi connectivity index (χ1n) is 8.15. The lowest BCUT2D eigenvalue weighted by Gasteiger charge is -2.06. The molecule has 27 heavy (non-hydrogen) atoms. The van der Waals surface area contributed by atoms with Crippen LogP contribution in [0.2, 0.25) is 0 Å². The maximum absolute atomic E-state index is 12.1. The molecule has 0 fully saturated rings. The SMILES string of the molecule is COc1cccc(CCN/C=C(/C#N)C(=O)Nc2ccc(C(=O)O)cc2)c1. The van der Waals surface area contributed by atoms with Gasteiger partial charge in [-0.25, -0.2) is 4.79 Å². The number of amides is 1. The van der Waals surface area contributed by atoms with Crippen molar-refractivity contribution in [3.05, 3.63) is 71.4 Å². The molecule has 7 heteroatoms. The van der Waals surface area contributed by atoms with Crippen LogP contribution in [0.5, 0.6) is 5.75 Å². The molecule has 7 nitrogen and oxygen atoms in total. The van der Waals surface area contributed by atoms with Crippen molar-refractivity contribution in [2.75, 3.05) is 19.0 Å². The Morgan fingerprint density at radius 2 is 1.96 bits per heavy atom. The van der Waals surface area contributed by atoms with Crippen molar-refractivity contribution in [3.8, 4) is 11.8 Å². The zero-order valence-electron chi connectivity index (χ0n) is 14.7. The van der Waals surface area contributed by atoms with Gasteiger partial charge in [0.1, 0.15) is 17.4 Å². The highest BCUT2D eigenvalue weighted by atomic mass is 16.5. The van der Waals surface area contributed by atoms with Gasteiger partial charge in [-0.15, -0.1) is 0 Å². The van der Waals surface area contributed by atoms with E-state index in [2.05, 4.69) is 10.6 Å². The zero-order chi connectivity index (χ0) is 19.6. The molecule has 0 aliphatic heterocycles. The first-order valence-corrected chi connectivity index (χ1v) is 8.15. The predicted octanol–water partition coefficient (Wildman–Crippen LogP) is 2.57. The molecular formula is C20H19N3O4. The fourth-order valence-corrected chi connectivity index (χ4v) is 2.26. The van der Waals surface area contributed by atoms with Gasteiger partial charge in [-0.3, -0.25) is 4.79 Å². The fraction of sp³-hybridized carbons (Fsp3) is 0.150. The largest absolute Gasteiger partial charge is 0.497 e. The van der Waals surface area contributed by atoms with Gasteiger partial charge < -0.3 is 20.5 Å². The van der Waals surface area contributed by atoms with Gasteiger partial charge in [0, 0.05) is 18.4 Å². The summed E-state index contributed by atoms with van der Waals surface area (Å²) in [6.45, 7) is 0.541. The van der Waals surface area contributed by atoms with Gasteiger partial charge in [0.15, 0.2) is 0 Å². The van der Waals surface area contributed by atoms with Gasteiger partial charge in [0.25, 0.3) is 5.91 Å². The topological polar surface area (TPSA) is 111 Å². The van der Waals surface area contributed by atoms with Crippen molar-refractivity contribution in [2.45, 2.75) is 6.42 Å². The van der Waals surface area contributed by atoms with E-state index in [0.717, 1.165) is 11.3 Å². The molecule has 0 atom stereocenters. The first kappa shape index (κ1) is 19.5. The number of methoxy groups -OCH3 is 1. The summed E-state index contributed by atoms with van der Waals surface area (Å²) in [6.07, 6.45) is 2.06. The Bertz CT molecular complexity index is 883. The van der Waals surface area contributed by atoms with Gasteiger partial charge in [-0.05, 0) is 48.4 Å². The zero-order valence-corrected chi connectivity index (χ0v) is 14.7. The molecule has 0 saturated carbocycles. The quantitative estimate of drug-likeness (QED) is 0.377. The van der Waals surface area contributed by atoms with Crippen LogP contribution in [0.1, 0.15) is 15.9 Å². The van der Waals surface area contributed by atoms with E-state index in [9.17, 15) is 9.59 Å². The summed E-state index contributed by atoms with van der Waals surface area (Å²) in [7, 11) is 1.60. The Labute approximate surface area is 156 Å². The van der Waals surface area contributed by atoms with Gasteiger partial charge in [0.05, 0.1) is 12.7 Å². The van der Waals surface area contributed by atoms with Crippen molar-refractivity contribution in [1.29, 1.82) is 5.26 Å². The number of carboxylic acids is 1. The second-order valence-electron chi connectivity index (χ2n) is 5.56. The van der Waals surface area contributed by atoms with Crippen LogP contribution in [0, 0.1) is 11.3 Å². The minimum atomic E-state index is -1.05. The molecule has 0 radical (unpaired) electrons. The summed E-state index contributed by atoms with van der Waals surface area (Å²) in [5.41, 5.74) is 1.51. The molecular weight excluding hydrogens is 346 g/mol. The second kappa shape index (κ2) is 9.63. The highest BCUT2D eigenvalue weighted by Gasteiger charge is 2.10. The maximum Gasteiger partial charge on any atom is 0.335 e. The molecule has 2 aromatic rings. The average molecular weight is 365 g/mol. The van der Waals surface area contributed by atoms with Crippen LogP contribution in [0.3, 0.4) is 0 Å². The standard InChI is InChI=1S/C20H19N3O4/c1-27-18-4-2-3-14(11-18)9-10-22-13-16(12-21)19(24)23-17-7-5-15(6-8-17)20(25)26/h2-8,11,13,22H,9-10H2,1H3,(H,23,24)(H,25,26)/b16-13-. The maximum atomic E-state index is 12.1. The Morgan fingerprint density at radius 1 is 1.22 bits per heavy atom. The van der Waals surface area contributed by atoms with Crippen molar-refractivity contribution in [1.82, 2.24) is 5.32 Å². The lowest BCUT2D eigenvalue weighted by Crippen LogP contribution is -2.18. The van der Waals surface area contributed by atoms with Gasteiger partial charge >= 0.3 is 5.97 Å². The number of ether oxygens (including phenoxy) is 1. The van der Waals surface area contributed by atoms with Gasteiger partial charge in [-0.1, -0.05) is 12.1 Å². The highest BCUT2D eigenvalue weighted by molar-refractivity contribution is 6.06. The summed E-state index contributed by atoms with van der Waals surface area (Å²) in [5.74, 6) is -0.853. The lowest BCUT2D eigenvalue weighted by molar-refractivity contribution is -0.112. The Morgan fingerprint density at radius 3 is 2.59 bits per heavy atom. The number of hydrogen-bond acceptors (Lipinski definition) is 5. The van der Waals surface area contributed by atoms with E-state index in [1.54, 1.807) is 7.11 Å². The Hall–Kier alpha value is -3.79. The number of nitrogens with one attached hydrogen (secondary N) is 2. The van der Waals surface area contributed by atoms with Gasteiger partial charge in [0.2, 0.25) is 0 Å². The van der Waals surface area contributed by atoms with E-state index in [-0.39, 0.29) is 11.1 Å². The second-order valence-corrected chi connectivity index (χ2v) is 5.56. The summed E-state index contributed by atoms with van der Waals surface area (Å²) in [4.78, 5) is 23.0. The molecule has 1 amide bonds. The summed E-state index contributed by atoms with van der Waals surface area (Å²) in [6, 6.07) is 15.2. The average Bonchev–Trinajstić information content (AvgIpc) is 2.68. The molecule has 3 N–H and O–H groups in total. The Balaban J connectivity index is 1.89. The number of carboxylic acid groups (broad SMARTS) is 1. The van der Waals surface area contributed by atoms with E-state index in [0.29, 0.717) is 18.7 Å². The third-order valence-corrected chi connectivity index (χ3v) is 3.69. The van der Waals surface area contributed by atoms with E-state index < -0.39 is 11.9 Å². The number of carbonyl (C=O) groups is 2. The number of aromatic carboxylic acids is 1. The van der Waals surface area contributed by atoms with E-state index >= 15 is 0 Å². The van der Waals surface area contributed by atoms with E-state index in [4.69, 9.17) is 15.1 Å². The summed E-state index contributed by atoms with van der Waals surface area (Å²) in [5, 5.41) is 23.5. The van der Waals surface area contributed by atoms with Gasteiger partial charge in [-0.2, -0.15) is 5.26 Å². The number of hydrogen-bond donors (Lipinski definition) is 3. The monoisotopic (exact) mass is 365 g/mol. The molecule has 138 valence electrons. The molecule has 2 rings (SSSR count). The molecule has 0 bridgehead atoms. The van der Waals surface area contributed by atoms with Crippen molar-refractivity contribution < 1.29 is 19.4 Å². The van der Waals surface area contributed by atoms with E-state index in [1.165, 1.54) is 30.5 Å². The molecule has 0 spiro atoms. The molecule has 0 heterocycles. The number of carbonyl (C=O) groups excluding carboxylic acids is 1. The number of nitriles is 1. The van der Waals surface area contributed by atoms with Crippen LogP contribution in [-0.4, -0.2) is 30.6 Å². The number of anilines is 1. The predicted molar refractivity (Wildman–Crippen MR) is 100 cm³/mol. The number of nitrogens with zero attached hydrogens (tertiary/aromatic N) is 1. The van der Waals surface area contributed by atoms with Crippen molar-refractivity contribution >= 4 is 17.6 Å². The molecule has 0 aliphatic rings. The van der Waals surface area contributed by atoms with Crippen LogP contribution in [0.15, 0.2) is 60.3 Å². The normalized spacial score (nSPS) is 10.6. The number of rotatable bonds is 8. The van der Waals surface area contributed by atoms with Crippen molar-refractivity contribution in [3.63, 3.8) is 0 Å². The van der Waals surface area contributed by atoms with Crippen LogP contribution < -0.4 is 15.4 Å². The molecule has 0 aromatic heterocycles. The first-order chi connectivity index (χ1) is 13.0. The van der Waals surface area contributed by atoms with E-state index in [1.807, 2.05) is 30.3 Å². The Kier molecular flexibility index (Phi) is 6.97. The fourth-order valence-electron chi connectivity index (χ4n) is 2.26. The van der Waals surface area contributed by atoms with Crippen LogP contribution >= 0.6 is 0 Å². The van der Waals surface area contributed by atoms with Crippen LogP contribution in [-0.2, 0) is 11.2 Å². The minimum Gasteiger partial charge on any atom is -0.497 e. The molecule has 0 saturated heterocycles. The minimum absolute atomic E-state index is 0.0806. The summed E-state index contributed by atoms with van der Waals surface area (Å²) < 4.78 is 5.16. The smallest absolute Gasteiger partial charge is 0.335 e. The number of benzene rings is 2. The molecule has 0 aliphatic carbocycles. The molecule has 0 unspecified atom stereocenters. The molecule has 2 aromatic carbocycles. The summed E-state index contributed by atoms with van der Waals surface area (Å²) >= 11 is 0. The highest BCUT2D eigenvalue weighted by Crippen LogP contribution is 2.13. The van der Waals surface area contributed by atoms with Crippen LogP contribution in [0.25, 0.3) is 0 Å². The van der Waals surface area contributed by atoms with Crippen LogP contribution in [0.4, 0.5) is 5.69 Å². The van der Waals surface area contributed by atoms with Crippen molar-refractivity contribution in [2.24, 2.45) is 0 Å². The third-order valence-electron chi connectivity index (χ3n) is 3.69. The third kappa shape index (κ3) is 5.90. The lowest BCUT2D eigenvalue weighted by atomic mass is 10.1.